The van der Waals surface area contributed by atoms with Gasteiger partial charge in [0.05, 0.1) is 6.61 Å². The van der Waals surface area contributed by atoms with Gasteiger partial charge >= 0.3 is 0 Å². The number of ether oxygens (including phenoxy) is 1. The zero-order valence-corrected chi connectivity index (χ0v) is 12.9. The first kappa shape index (κ1) is 14.9. The molecule has 1 unspecified atom stereocenters. The molecule has 2 N–H and O–H groups in total. The predicted molar refractivity (Wildman–Crippen MR) is 84.6 cm³/mol. The highest BCUT2D eigenvalue weighted by Crippen LogP contribution is 2.29. The van der Waals surface area contributed by atoms with Crippen molar-refractivity contribution in [1.29, 1.82) is 0 Å². The van der Waals surface area contributed by atoms with Gasteiger partial charge < -0.3 is 15.2 Å². The van der Waals surface area contributed by atoms with Crippen LogP contribution in [0.5, 0.6) is 11.5 Å². The van der Waals surface area contributed by atoms with E-state index >= 15 is 0 Å². The lowest BCUT2D eigenvalue weighted by Crippen LogP contribution is -2.28. The number of thioether (sulfide) groups is 2. The molecular weight excluding hydrogens is 278 g/mol. The van der Waals surface area contributed by atoms with Gasteiger partial charge in [0, 0.05) is 41.2 Å². The van der Waals surface area contributed by atoms with Crippen molar-refractivity contribution in [1.82, 2.24) is 5.32 Å². The number of hydrogen-bond acceptors (Lipinski definition) is 5. The van der Waals surface area contributed by atoms with E-state index in [1.807, 2.05) is 42.6 Å². The largest absolute Gasteiger partial charge is 0.504 e. The van der Waals surface area contributed by atoms with Crippen molar-refractivity contribution in [3.63, 3.8) is 0 Å². The van der Waals surface area contributed by atoms with E-state index < -0.39 is 0 Å². The van der Waals surface area contributed by atoms with Crippen LogP contribution in [-0.4, -0.2) is 40.8 Å². The Balaban J connectivity index is 1.83. The van der Waals surface area contributed by atoms with Gasteiger partial charge in [0.1, 0.15) is 0 Å². The Labute approximate surface area is 123 Å². The van der Waals surface area contributed by atoms with Gasteiger partial charge in [0.2, 0.25) is 0 Å². The van der Waals surface area contributed by atoms with Gasteiger partial charge in [-0.2, -0.15) is 23.5 Å². The maximum atomic E-state index is 10.1. The number of benzene rings is 1. The highest BCUT2D eigenvalue weighted by molar-refractivity contribution is 8.06. The summed E-state index contributed by atoms with van der Waals surface area (Å²) in [6.07, 6.45) is 0. The zero-order valence-electron chi connectivity index (χ0n) is 11.2. The van der Waals surface area contributed by atoms with E-state index in [0.717, 1.165) is 12.1 Å². The molecule has 2 rings (SSSR count). The molecule has 0 aliphatic carbocycles. The molecule has 1 heterocycles. The van der Waals surface area contributed by atoms with E-state index in [1.165, 1.54) is 17.3 Å². The molecule has 1 aromatic rings. The minimum Gasteiger partial charge on any atom is -0.504 e. The standard InChI is InChI=1S/C14H21NO2S2/c1-2-17-13-5-3-4-11(14(13)16)8-15-9-12-10-18-6-7-19-12/h3-5,12,15-16H,2,6-10H2,1H3. The van der Waals surface area contributed by atoms with Crippen LogP contribution in [0.2, 0.25) is 0 Å². The minimum absolute atomic E-state index is 0.266. The van der Waals surface area contributed by atoms with Crippen molar-refractivity contribution in [2.24, 2.45) is 0 Å². The Morgan fingerprint density at radius 1 is 1.42 bits per heavy atom. The van der Waals surface area contributed by atoms with Gasteiger partial charge in [-0.05, 0) is 13.0 Å². The number of phenolic OH excluding ortho intramolecular Hbond substituents is 1. The van der Waals surface area contributed by atoms with Crippen LogP contribution >= 0.6 is 23.5 Å². The summed E-state index contributed by atoms with van der Waals surface area (Å²) in [6, 6.07) is 5.66. The van der Waals surface area contributed by atoms with Crippen molar-refractivity contribution in [3.8, 4) is 11.5 Å². The maximum absolute atomic E-state index is 10.1. The first-order chi connectivity index (χ1) is 9.31. The summed E-state index contributed by atoms with van der Waals surface area (Å²) in [5.41, 5.74) is 0.902. The van der Waals surface area contributed by atoms with E-state index in [9.17, 15) is 5.11 Å². The molecular formula is C14H21NO2S2. The smallest absolute Gasteiger partial charge is 0.162 e. The zero-order chi connectivity index (χ0) is 13.5. The van der Waals surface area contributed by atoms with E-state index in [0.29, 0.717) is 24.2 Å². The molecule has 0 aromatic heterocycles. The second-order valence-electron chi connectivity index (χ2n) is 4.40. The molecule has 0 saturated carbocycles. The molecule has 1 fully saturated rings. The van der Waals surface area contributed by atoms with Crippen molar-refractivity contribution < 1.29 is 9.84 Å². The molecule has 1 aliphatic rings. The molecule has 0 radical (unpaired) electrons. The van der Waals surface area contributed by atoms with Gasteiger partial charge in [0.25, 0.3) is 0 Å². The van der Waals surface area contributed by atoms with Gasteiger partial charge in [-0.25, -0.2) is 0 Å². The van der Waals surface area contributed by atoms with Crippen LogP contribution in [0.25, 0.3) is 0 Å². The second kappa shape index (κ2) is 7.92. The number of hydrogen-bond donors (Lipinski definition) is 2. The molecule has 1 atom stereocenters. The highest BCUT2D eigenvalue weighted by Gasteiger charge is 2.14. The topological polar surface area (TPSA) is 41.5 Å². The Kier molecular flexibility index (Phi) is 6.20. The Morgan fingerprint density at radius 2 is 2.32 bits per heavy atom. The summed E-state index contributed by atoms with van der Waals surface area (Å²) >= 11 is 4.07. The Bertz CT molecular complexity index is 395. The van der Waals surface area contributed by atoms with Gasteiger partial charge in [0.15, 0.2) is 11.5 Å². The molecule has 0 spiro atoms. The van der Waals surface area contributed by atoms with Crippen LogP contribution in [0.4, 0.5) is 0 Å². The van der Waals surface area contributed by atoms with Crippen molar-refractivity contribution in [2.75, 3.05) is 30.4 Å². The SMILES string of the molecule is CCOc1cccc(CNCC2CSCCS2)c1O. The van der Waals surface area contributed by atoms with Crippen LogP contribution in [0.1, 0.15) is 12.5 Å². The summed E-state index contributed by atoms with van der Waals surface area (Å²) in [5, 5.41) is 14.2. The average Bonchev–Trinajstić information content (AvgIpc) is 2.44. The molecule has 0 amide bonds. The Morgan fingerprint density at radius 3 is 3.05 bits per heavy atom. The monoisotopic (exact) mass is 299 g/mol. The molecule has 1 aromatic carbocycles. The number of nitrogens with one attached hydrogen (secondary N) is 1. The molecule has 5 heteroatoms. The molecule has 106 valence electrons. The van der Waals surface area contributed by atoms with Crippen LogP contribution in [-0.2, 0) is 6.54 Å². The van der Waals surface area contributed by atoms with Gasteiger partial charge in [-0.1, -0.05) is 12.1 Å². The van der Waals surface area contributed by atoms with E-state index in [2.05, 4.69) is 5.32 Å². The number of rotatable bonds is 6. The van der Waals surface area contributed by atoms with Crippen molar-refractivity contribution in [2.45, 2.75) is 18.7 Å². The van der Waals surface area contributed by atoms with Crippen LogP contribution in [0, 0.1) is 0 Å². The summed E-state index contributed by atoms with van der Waals surface area (Å²) in [7, 11) is 0. The van der Waals surface area contributed by atoms with Crippen LogP contribution in [0.3, 0.4) is 0 Å². The van der Waals surface area contributed by atoms with Gasteiger partial charge in [-0.15, -0.1) is 0 Å². The maximum Gasteiger partial charge on any atom is 0.162 e. The second-order valence-corrected chi connectivity index (χ2v) is 6.95. The van der Waals surface area contributed by atoms with Crippen molar-refractivity contribution >= 4 is 23.5 Å². The van der Waals surface area contributed by atoms with E-state index in [-0.39, 0.29) is 5.75 Å². The first-order valence-electron chi connectivity index (χ1n) is 6.65. The molecule has 1 aliphatic heterocycles. The number of phenols is 1. The third kappa shape index (κ3) is 4.51. The first-order valence-corrected chi connectivity index (χ1v) is 8.85. The summed E-state index contributed by atoms with van der Waals surface area (Å²) in [4.78, 5) is 0. The van der Waals surface area contributed by atoms with E-state index in [4.69, 9.17) is 4.74 Å². The fourth-order valence-electron chi connectivity index (χ4n) is 2.00. The number of aromatic hydroxyl groups is 1. The third-order valence-electron chi connectivity index (χ3n) is 2.95. The summed E-state index contributed by atoms with van der Waals surface area (Å²) < 4.78 is 5.39. The molecule has 3 nitrogen and oxygen atoms in total. The fraction of sp³-hybridized carbons (Fsp3) is 0.571. The predicted octanol–water partition coefficient (Wildman–Crippen LogP) is 2.73. The average molecular weight is 299 g/mol. The molecule has 1 saturated heterocycles. The third-order valence-corrected chi connectivity index (χ3v) is 5.80. The number of para-hydroxylation sites is 1. The van der Waals surface area contributed by atoms with Crippen molar-refractivity contribution in [3.05, 3.63) is 23.8 Å². The molecule has 0 bridgehead atoms. The summed E-state index contributed by atoms with van der Waals surface area (Å²) in [6.45, 7) is 4.17. The Hall–Kier alpha value is -0.520. The normalized spacial score (nSPS) is 19.3. The lowest BCUT2D eigenvalue weighted by atomic mass is 10.2. The van der Waals surface area contributed by atoms with Gasteiger partial charge in [-0.3, -0.25) is 0 Å². The highest BCUT2D eigenvalue weighted by atomic mass is 32.2. The lowest BCUT2D eigenvalue weighted by molar-refractivity contribution is 0.316. The van der Waals surface area contributed by atoms with Crippen LogP contribution in [0.15, 0.2) is 18.2 Å². The van der Waals surface area contributed by atoms with Crippen LogP contribution < -0.4 is 10.1 Å². The quantitative estimate of drug-likeness (QED) is 0.845. The minimum atomic E-state index is 0.266. The lowest BCUT2D eigenvalue weighted by Gasteiger charge is -2.21. The van der Waals surface area contributed by atoms with E-state index in [1.54, 1.807) is 6.07 Å². The molecule has 19 heavy (non-hydrogen) atoms. The fourth-order valence-corrected chi connectivity index (χ4v) is 4.65. The summed E-state index contributed by atoms with van der Waals surface area (Å²) in [5.74, 6) is 4.59.